The Morgan fingerprint density at radius 1 is 1.27 bits per heavy atom. The lowest BCUT2D eigenvalue weighted by atomic mass is 9.97. The number of amides is 3. The Morgan fingerprint density at radius 2 is 1.95 bits per heavy atom. The van der Waals surface area contributed by atoms with Crippen LogP contribution in [0.15, 0.2) is 24.3 Å². The highest BCUT2D eigenvalue weighted by molar-refractivity contribution is 5.87. The molecule has 2 rings (SSSR count). The molecule has 1 aliphatic rings. The predicted octanol–water partition coefficient (Wildman–Crippen LogP) is 0.792. The van der Waals surface area contributed by atoms with Gasteiger partial charge < -0.3 is 21.1 Å². The first-order valence-corrected chi connectivity index (χ1v) is 7.11. The van der Waals surface area contributed by atoms with Crippen LogP contribution in [0.25, 0.3) is 0 Å². The maximum absolute atomic E-state index is 12.1. The van der Waals surface area contributed by atoms with Crippen LogP contribution >= 0.6 is 0 Å². The minimum atomic E-state index is -0.982. The van der Waals surface area contributed by atoms with Crippen LogP contribution in [-0.2, 0) is 11.3 Å². The number of hydrogen-bond donors (Lipinski definition) is 3. The molecule has 0 bridgehead atoms. The molecule has 7 nitrogen and oxygen atoms in total. The average molecular weight is 305 g/mol. The summed E-state index contributed by atoms with van der Waals surface area (Å²) >= 11 is 0. The third-order valence-electron chi connectivity index (χ3n) is 3.77. The number of carbonyl (C=O) groups is 3. The second-order valence-corrected chi connectivity index (χ2v) is 5.34. The summed E-state index contributed by atoms with van der Waals surface area (Å²) in [5.41, 5.74) is 6.27. The number of carboxylic acids is 1. The van der Waals surface area contributed by atoms with Gasteiger partial charge in [-0.3, -0.25) is 4.79 Å². The van der Waals surface area contributed by atoms with Gasteiger partial charge in [-0.2, -0.15) is 0 Å². The molecule has 0 aliphatic carbocycles. The first-order chi connectivity index (χ1) is 10.5. The van der Waals surface area contributed by atoms with Gasteiger partial charge in [0, 0.05) is 19.6 Å². The Balaban J connectivity index is 1.86. The molecular weight excluding hydrogens is 286 g/mol. The molecule has 1 saturated heterocycles. The monoisotopic (exact) mass is 305 g/mol. The summed E-state index contributed by atoms with van der Waals surface area (Å²) in [6.45, 7) is 1.26. The molecule has 0 unspecified atom stereocenters. The van der Waals surface area contributed by atoms with Gasteiger partial charge in [0.05, 0.1) is 11.5 Å². The third-order valence-corrected chi connectivity index (χ3v) is 3.77. The molecule has 1 aromatic rings. The number of likely N-dealkylation sites (tertiary alicyclic amines) is 1. The van der Waals surface area contributed by atoms with Crippen molar-refractivity contribution in [2.45, 2.75) is 19.4 Å². The second-order valence-electron chi connectivity index (χ2n) is 5.34. The van der Waals surface area contributed by atoms with E-state index in [1.165, 1.54) is 17.0 Å². The van der Waals surface area contributed by atoms with Crippen LogP contribution in [0, 0.1) is 5.92 Å². The molecule has 118 valence electrons. The van der Waals surface area contributed by atoms with Gasteiger partial charge in [-0.05, 0) is 30.5 Å². The van der Waals surface area contributed by atoms with Crippen LogP contribution < -0.4 is 11.1 Å². The maximum Gasteiger partial charge on any atom is 0.335 e. The van der Waals surface area contributed by atoms with E-state index in [4.69, 9.17) is 10.8 Å². The van der Waals surface area contributed by atoms with Crippen molar-refractivity contribution in [1.82, 2.24) is 10.2 Å². The fourth-order valence-electron chi connectivity index (χ4n) is 2.49. The number of nitrogens with two attached hydrogens (primary N) is 1. The smallest absolute Gasteiger partial charge is 0.335 e. The van der Waals surface area contributed by atoms with Gasteiger partial charge >= 0.3 is 12.0 Å². The topological polar surface area (TPSA) is 113 Å². The van der Waals surface area contributed by atoms with Crippen molar-refractivity contribution in [3.63, 3.8) is 0 Å². The first kappa shape index (κ1) is 15.8. The second kappa shape index (κ2) is 6.93. The lowest BCUT2D eigenvalue weighted by molar-refractivity contribution is -0.126. The van der Waals surface area contributed by atoms with Crippen molar-refractivity contribution in [3.05, 3.63) is 35.4 Å². The standard InChI is InChI=1S/C15H19N3O4/c16-15(22)18-7-1-2-12(9-18)13(19)17-8-10-3-5-11(6-4-10)14(20)21/h3-6,12H,1-2,7-9H2,(H2,16,22)(H,17,19)(H,20,21)/t12-/m1/s1. The van der Waals surface area contributed by atoms with Crippen LogP contribution in [0.5, 0.6) is 0 Å². The number of carboxylic acid groups (broad SMARTS) is 1. The Kier molecular flexibility index (Phi) is 4.98. The van der Waals surface area contributed by atoms with Crippen molar-refractivity contribution in [1.29, 1.82) is 0 Å². The van der Waals surface area contributed by atoms with Gasteiger partial charge in [-0.1, -0.05) is 12.1 Å². The molecule has 0 radical (unpaired) electrons. The van der Waals surface area contributed by atoms with E-state index in [2.05, 4.69) is 5.32 Å². The molecule has 7 heteroatoms. The van der Waals surface area contributed by atoms with Gasteiger partial charge in [0.25, 0.3) is 0 Å². The van der Waals surface area contributed by atoms with Crippen molar-refractivity contribution in [2.75, 3.05) is 13.1 Å². The summed E-state index contributed by atoms with van der Waals surface area (Å²) in [5, 5.41) is 11.6. The molecule has 1 fully saturated rings. The van der Waals surface area contributed by atoms with Crippen LogP contribution in [-0.4, -0.2) is 41.0 Å². The van der Waals surface area contributed by atoms with Crippen molar-refractivity contribution >= 4 is 17.9 Å². The Labute approximate surface area is 128 Å². The molecule has 22 heavy (non-hydrogen) atoms. The predicted molar refractivity (Wildman–Crippen MR) is 79.1 cm³/mol. The highest BCUT2D eigenvalue weighted by atomic mass is 16.4. The number of carbonyl (C=O) groups excluding carboxylic acids is 2. The molecule has 0 aromatic heterocycles. The van der Waals surface area contributed by atoms with Crippen LogP contribution in [0.3, 0.4) is 0 Å². The molecule has 1 heterocycles. The quantitative estimate of drug-likeness (QED) is 0.763. The van der Waals surface area contributed by atoms with Crippen LogP contribution in [0.4, 0.5) is 4.79 Å². The summed E-state index contributed by atoms with van der Waals surface area (Å²) in [4.78, 5) is 35.5. The van der Waals surface area contributed by atoms with Crippen molar-refractivity contribution in [2.24, 2.45) is 11.7 Å². The highest BCUT2D eigenvalue weighted by Crippen LogP contribution is 2.16. The van der Waals surface area contributed by atoms with E-state index < -0.39 is 12.0 Å². The normalized spacial score (nSPS) is 17.8. The number of piperidine rings is 1. The number of urea groups is 1. The van der Waals surface area contributed by atoms with E-state index in [1.807, 2.05) is 0 Å². The summed E-state index contributed by atoms with van der Waals surface area (Å²) in [6.07, 6.45) is 1.49. The number of rotatable bonds is 4. The van der Waals surface area contributed by atoms with Gasteiger partial charge in [0.1, 0.15) is 0 Å². The molecule has 1 aromatic carbocycles. The zero-order valence-corrected chi connectivity index (χ0v) is 12.1. The number of aromatic carboxylic acids is 1. The fourth-order valence-corrected chi connectivity index (χ4v) is 2.49. The molecule has 3 amide bonds. The van der Waals surface area contributed by atoms with Crippen LogP contribution in [0.2, 0.25) is 0 Å². The molecule has 0 saturated carbocycles. The number of primary amides is 1. The van der Waals surface area contributed by atoms with Gasteiger partial charge in [0.15, 0.2) is 0 Å². The number of hydrogen-bond acceptors (Lipinski definition) is 3. The number of nitrogens with zero attached hydrogens (tertiary/aromatic N) is 1. The van der Waals surface area contributed by atoms with E-state index >= 15 is 0 Å². The van der Waals surface area contributed by atoms with Gasteiger partial charge in [0.2, 0.25) is 5.91 Å². The Morgan fingerprint density at radius 3 is 2.55 bits per heavy atom. The minimum Gasteiger partial charge on any atom is -0.478 e. The van der Waals surface area contributed by atoms with E-state index in [1.54, 1.807) is 12.1 Å². The summed E-state index contributed by atoms with van der Waals surface area (Å²) in [6, 6.07) is 5.83. The van der Waals surface area contributed by atoms with E-state index in [-0.39, 0.29) is 17.4 Å². The zero-order chi connectivity index (χ0) is 16.1. The number of benzene rings is 1. The Bertz CT molecular complexity index is 571. The molecule has 4 N–H and O–H groups in total. The fraction of sp³-hybridized carbons (Fsp3) is 0.400. The number of nitrogens with one attached hydrogen (secondary N) is 1. The third kappa shape index (κ3) is 3.97. The largest absolute Gasteiger partial charge is 0.478 e. The van der Waals surface area contributed by atoms with Gasteiger partial charge in [-0.25, -0.2) is 9.59 Å². The lowest BCUT2D eigenvalue weighted by Gasteiger charge is -2.30. The zero-order valence-electron chi connectivity index (χ0n) is 12.1. The molecule has 1 atom stereocenters. The summed E-state index contributed by atoms with van der Waals surface area (Å²) in [7, 11) is 0. The highest BCUT2D eigenvalue weighted by Gasteiger charge is 2.27. The van der Waals surface area contributed by atoms with E-state index in [0.717, 1.165) is 18.4 Å². The SMILES string of the molecule is NC(=O)N1CCC[C@@H](C(=O)NCc2ccc(C(=O)O)cc2)C1. The first-order valence-electron chi connectivity index (χ1n) is 7.11. The summed E-state index contributed by atoms with van der Waals surface area (Å²) in [5.74, 6) is -1.35. The van der Waals surface area contributed by atoms with E-state index in [9.17, 15) is 14.4 Å². The van der Waals surface area contributed by atoms with Crippen LogP contribution in [0.1, 0.15) is 28.8 Å². The van der Waals surface area contributed by atoms with Crippen molar-refractivity contribution < 1.29 is 19.5 Å². The average Bonchev–Trinajstić information content (AvgIpc) is 2.53. The van der Waals surface area contributed by atoms with Crippen molar-refractivity contribution in [3.8, 4) is 0 Å². The van der Waals surface area contributed by atoms with Gasteiger partial charge in [-0.15, -0.1) is 0 Å². The maximum atomic E-state index is 12.1. The molecule has 1 aliphatic heterocycles. The minimum absolute atomic E-state index is 0.117. The molecular formula is C15H19N3O4. The summed E-state index contributed by atoms with van der Waals surface area (Å²) < 4.78 is 0. The Hall–Kier alpha value is -2.57. The molecule has 0 spiro atoms. The lowest BCUT2D eigenvalue weighted by Crippen LogP contribution is -2.47. The van der Waals surface area contributed by atoms with E-state index in [0.29, 0.717) is 19.6 Å².